The zero-order valence-electron chi connectivity index (χ0n) is 11.5. The first-order chi connectivity index (χ1) is 8.16. The van der Waals surface area contributed by atoms with Crippen LogP contribution in [0, 0.1) is 17.8 Å². The predicted octanol–water partition coefficient (Wildman–Crippen LogP) is 2.27. The van der Waals surface area contributed by atoms with E-state index < -0.39 is 0 Å². The van der Waals surface area contributed by atoms with Gasteiger partial charge < -0.3 is 11.1 Å². The predicted molar refractivity (Wildman–Crippen MR) is 77.6 cm³/mol. The Bertz CT molecular complexity index is 494. The number of aryl methyl sites for hydroxylation is 1. The molecule has 98 valence electrons. The van der Waals surface area contributed by atoms with Crippen molar-refractivity contribution in [3.8, 4) is 0 Å². The SMILES string of the molecule is Cc1cc(C(N)=S)nc(NC2C(C)(C)C2(C)C)n1. The van der Waals surface area contributed by atoms with Crippen LogP contribution in [-0.2, 0) is 0 Å². The maximum atomic E-state index is 5.62. The third kappa shape index (κ3) is 1.96. The first-order valence-electron chi connectivity index (χ1n) is 6.08. The molecule has 0 amide bonds. The van der Waals surface area contributed by atoms with Crippen molar-refractivity contribution in [1.29, 1.82) is 0 Å². The molecule has 0 aromatic carbocycles. The summed E-state index contributed by atoms with van der Waals surface area (Å²) < 4.78 is 0. The molecule has 18 heavy (non-hydrogen) atoms. The van der Waals surface area contributed by atoms with Gasteiger partial charge in [-0.25, -0.2) is 9.97 Å². The summed E-state index contributed by atoms with van der Waals surface area (Å²) in [7, 11) is 0. The van der Waals surface area contributed by atoms with Gasteiger partial charge in [0, 0.05) is 11.7 Å². The maximum absolute atomic E-state index is 5.62. The van der Waals surface area contributed by atoms with E-state index in [-0.39, 0.29) is 10.8 Å². The standard InChI is InChI=1S/C13H20N4S/c1-7-6-8(9(14)18)16-11(15-7)17-10-12(2,3)13(10,4)5/h6,10H,1-5H3,(H2,14,18)(H,15,16,17). The van der Waals surface area contributed by atoms with Crippen LogP contribution >= 0.6 is 12.2 Å². The molecule has 4 nitrogen and oxygen atoms in total. The molecule has 2 rings (SSSR count). The summed E-state index contributed by atoms with van der Waals surface area (Å²) >= 11 is 4.96. The quantitative estimate of drug-likeness (QED) is 0.820. The molecule has 1 aliphatic rings. The monoisotopic (exact) mass is 264 g/mol. The Hall–Kier alpha value is -1.23. The van der Waals surface area contributed by atoms with E-state index in [4.69, 9.17) is 18.0 Å². The summed E-state index contributed by atoms with van der Waals surface area (Å²) in [4.78, 5) is 9.05. The van der Waals surface area contributed by atoms with E-state index in [2.05, 4.69) is 43.0 Å². The van der Waals surface area contributed by atoms with Crippen LogP contribution in [0.15, 0.2) is 6.07 Å². The minimum atomic E-state index is 0.240. The molecule has 1 aromatic rings. The number of thiocarbonyl (C=S) groups is 1. The highest BCUT2D eigenvalue weighted by Crippen LogP contribution is 2.63. The van der Waals surface area contributed by atoms with Gasteiger partial charge in [0.05, 0.1) is 0 Å². The Morgan fingerprint density at radius 3 is 2.28 bits per heavy atom. The fourth-order valence-electron chi connectivity index (χ4n) is 2.45. The van der Waals surface area contributed by atoms with Gasteiger partial charge in [-0.2, -0.15) is 0 Å². The molecule has 0 radical (unpaired) electrons. The number of hydrogen-bond donors (Lipinski definition) is 2. The molecule has 1 aromatic heterocycles. The highest BCUT2D eigenvalue weighted by molar-refractivity contribution is 7.80. The van der Waals surface area contributed by atoms with Crippen molar-refractivity contribution in [2.75, 3.05) is 5.32 Å². The average molecular weight is 264 g/mol. The van der Waals surface area contributed by atoms with Gasteiger partial charge in [-0.05, 0) is 23.8 Å². The molecule has 5 heteroatoms. The Kier molecular flexibility index (Phi) is 2.85. The summed E-state index contributed by atoms with van der Waals surface area (Å²) in [5, 5.41) is 3.40. The molecule has 1 saturated carbocycles. The minimum Gasteiger partial charge on any atom is -0.388 e. The summed E-state index contributed by atoms with van der Waals surface area (Å²) in [5.74, 6) is 0.612. The van der Waals surface area contributed by atoms with E-state index in [1.54, 1.807) is 6.07 Å². The van der Waals surface area contributed by atoms with Crippen molar-refractivity contribution in [3.05, 3.63) is 17.5 Å². The molecular weight excluding hydrogens is 244 g/mol. The first kappa shape index (κ1) is 13.2. The van der Waals surface area contributed by atoms with E-state index >= 15 is 0 Å². The molecule has 1 aliphatic carbocycles. The van der Waals surface area contributed by atoms with Crippen molar-refractivity contribution in [2.24, 2.45) is 16.6 Å². The zero-order valence-corrected chi connectivity index (χ0v) is 12.4. The topological polar surface area (TPSA) is 63.8 Å². The van der Waals surface area contributed by atoms with Crippen LogP contribution < -0.4 is 11.1 Å². The zero-order chi connectivity index (χ0) is 13.7. The smallest absolute Gasteiger partial charge is 0.223 e. The van der Waals surface area contributed by atoms with Crippen LogP contribution in [0.3, 0.4) is 0 Å². The van der Waals surface area contributed by atoms with Gasteiger partial charge >= 0.3 is 0 Å². The molecule has 0 spiro atoms. The molecule has 1 fully saturated rings. The van der Waals surface area contributed by atoms with Crippen LogP contribution in [0.4, 0.5) is 5.95 Å². The molecular formula is C13H20N4S. The summed E-state index contributed by atoms with van der Waals surface area (Å²) in [5.41, 5.74) is 7.59. The van der Waals surface area contributed by atoms with Crippen molar-refractivity contribution >= 4 is 23.2 Å². The maximum Gasteiger partial charge on any atom is 0.223 e. The van der Waals surface area contributed by atoms with Crippen LogP contribution in [-0.4, -0.2) is 21.0 Å². The van der Waals surface area contributed by atoms with Gasteiger partial charge in [0.1, 0.15) is 10.7 Å². The van der Waals surface area contributed by atoms with Crippen LogP contribution in [0.2, 0.25) is 0 Å². The van der Waals surface area contributed by atoms with Gasteiger partial charge in [-0.15, -0.1) is 0 Å². The lowest BCUT2D eigenvalue weighted by atomic mass is 10.0. The Morgan fingerprint density at radius 2 is 1.83 bits per heavy atom. The number of aromatic nitrogens is 2. The molecule has 0 saturated heterocycles. The van der Waals surface area contributed by atoms with Gasteiger partial charge in [0.2, 0.25) is 5.95 Å². The van der Waals surface area contributed by atoms with Gasteiger partial charge in [-0.1, -0.05) is 39.9 Å². The van der Waals surface area contributed by atoms with Gasteiger partial charge in [0.15, 0.2) is 0 Å². The molecule has 0 unspecified atom stereocenters. The van der Waals surface area contributed by atoms with E-state index in [0.29, 0.717) is 22.7 Å². The fraction of sp³-hybridized carbons (Fsp3) is 0.615. The Labute approximate surface area is 113 Å². The molecule has 0 bridgehead atoms. The molecule has 0 aliphatic heterocycles. The minimum absolute atomic E-state index is 0.240. The third-order valence-electron chi connectivity index (χ3n) is 4.40. The number of nitrogens with two attached hydrogens (primary N) is 1. The second-order valence-corrected chi connectivity index (χ2v) is 6.54. The summed E-state index contributed by atoms with van der Waals surface area (Å²) in [6.45, 7) is 10.9. The number of anilines is 1. The van der Waals surface area contributed by atoms with Gasteiger partial charge in [0.25, 0.3) is 0 Å². The number of nitrogens with one attached hydrogen (secondary N) is 1. The Balaban J connectivity index is 2.24. The van der Waals surface area contributed by atoms with Crippen LogP contribution in [0.1, 0.15) is 39.1 Å². The molecule has 1 heterocycles. The number of hydrogen-bond acceptors (Lipinski definition) is 4. The molecule has 3 N–H and O–H groups in total. The normalized spacial score (nSPS) is 20.5. The highest BCUT2D eigenvalue weighted by atomic mass is 32.1. The Morgan fingerprint density at radius 1 is 1.28 bits per heavy atom. The summed E-state index contributed by atoms with van der Waals surface area (Å²) in [6.07, 6.45) is 0. The summed E-state index contributed by atoms with van der Waals surface area (Å²) in [6, 6.07) is 2.17. The van der Waals surface area contributed by atoms with E-state index in [1.165, 1.54) is 0 Å². The van der Waals surface area contributed by atoms with Crippen LogP contribution in [0.25, 0.3) is 0 Å². The van der Waals surface area contributed by atoms with E-state index in [1.807, 2.05) is 6.92 Å². The lowest BCUT2D eigenvalue weighted by Crippen LogP contribution is -2.17. The van der Waals surface area contributed by atoms with Crippen molar-refractivity contribution in [3.63, 3.8) is 0 Å². The van der Waals surface area contributed by atoms with Crippen molar-refractivity contribution in [1.82, 2.24) is 9.97 Å². The third-order valence-corrected chi connectivity index (χ3v) is 4.61. The molecule has 0 atom stereocenters. The van der Waals surface area contributed by atoms with Crippen molar-refractivity contribution in [2.45, 2.75) is 40.7 Å². The second-order valence-electron chi connectivity index (χ2n) is 6.10. The fourth-order valence-corrected chi connectivity index (χ4v) is 2.55. The van der Waals surface area contributed by atoms with Crippen LogP contribution in [0.5, 0.6) is 0 Å². The van der Waals surface area contributed by atoms with E-state index in [9.17, 15) is 0 Å². The second kappa shape index (κ2) is 3.88. The van der Waals surface area contributed by atoms with Crippen molar-refractivity contribution < 1.29 is 0 Å². The van der Waals surface area contributed by atoms with E-state index in [0.717, 1.165) is 5.69 Å². The average Bonchev–Trinajstić information content (AvgIpc) is 2.60. The number of rotatable bonds is 3. The lowest BCUT2D eigenvalue weighted by molar-refractivity contribution is 0.457. The van der Waals surface area contributed by atoms with Gasteiger partial charge in [-0.3, -0.25) is 0 Å². The lowest BCUT2D eigenvalue weighted by Gasteiger charge is -2.09. The highest BCUT2D eigenvalue weighted by Gasteiger charge is 2.65. The largest absolute Gasteiger partial charge is 0.388 e. The number of nitrogens with zero attached hydrogens (tertiary/aromatic N) is 2. The first-order valence-corrected chi connectivity index (χ1v) is 6.49.